The van der Waals surface area contributed by atoms with Gasteiger partial charge in [0.05, 0.1) is 12.0 Å². The Hall–Kier alpha value is -2.66. The first-order valence-electron chi connectivity index (χ1n) is 12.5. The number of likely N-dealkylation sites (tertiary alicyclic amines) is 1. The molecule has 5 heteroatoms. The zero-order chi connectivity index (χ0) is 23.0. The Labute approximate surface area is 197 Å². The van der Waals surface area contributed by atoms with Gasteiger partial charge in [0.15, 0.2) is 0 Å². The summed E-state index contributed by atoms with van der Waals surface area (Å²) in [5.41, 5.74) is 2.24. The molecule has 1 aliphatic carbocycles. The van der Waals surface area contributed by atoms with E-state index in [4.69, 9.17) is 0 Å². The Balaban J connectivity index is 1.24. The van der Waals surface area contributed by atoms with Gasteiger partial charge < -0.3 is 15.5 Å². The van der Waals surface area contributed by atoms with Crippen molar-refractivity contribution < 1.29 is 9.59 Å². The zero-order valence-corrected chi connectivity index (χ0v) is 19.7. The van der Waals surface area contributed by atoms with Gasteiger partial charge in [-0.3, -0.25) is 9.59 Å². The summed E-state index contributed by atoms with van der Waals surface area (Å²) >= 11 is 0. The van der Waals surface area contributed by atoms with Crippen LogP contribution in [0.15, 0.2) is 60.7 Å². The molecule has 5 nitrogen and oxygen atoms in total. The topological polar surface area (TPSA) is 61.4 Å². The molecule has 0 radical (unpaired) electrons. The highest BCUT2D eigenvalue weighted by molar-refractivity contribution is 5.83. The highest BCUT2D eigenvalue weighted by atomic mass is 16.2. The monoisotopic (exact) mass is 447 g/mol. The summed E-state index contributed by atoms with van der Waals surface area (Å²) in [5.74, 6) is 0.399. The van der Waals surface area contributed by atoms with Crippen molar-refractivity contribution in [2.75, 3.05) is 19.6 Å². The number of piperidine rings is 1. The molecular formula is C28H37N3O2. The number of amides is 2. The summed E-state index contributed by atoms with van der Waals surface area (Å²) < 4.78 is 0. The zero-order valence-electron chi connectivity index (χ0n) is 19.7. The minimum atomic E-state index is -0.130. The van der Waals surface area contributed by atoms with Crippen molar-refractivity contribution in [2.24, 2.45) is 5.92 Å². The molecule has 2 amide bonds. The lowest BCUT2D eigenvalue weighted by atomic mass is 9.84. The fraction of sp³-hybridized carbons (Fsp3) is 0.500. The van der Waals surface area contributed by atoms with Crippen LogP contribution in [-0.2, 0) is 9.59 Å². The lowest BCUT2D eigenvalue weighted by molar-refractivity contribution is -0.128. The molecule has 2 aromatic rings. The summed E-state index contributed by atoms with van der Waals surface area (Å²) in [5, 5.41) is 6.57. The molecule has 1 heterocycles. The number of carbonyl (C=O) groups is 2. The first-order chi connectivity index (χ1) is 16.1. The van der Waals surface area contributed by atoms with E-state index in [2.05, 4.69) is 27.7 Å². The number of rotatable bonds is 9. The summed E-state index contributed by atoms with van der Waals surface area (Å²) in [4.78, 5) is 27.8. The van der Waals surface area contributed by atoms with E-state index in [0.717, 1.165) is 57.3 Å². The van der Waals surface area contributed by atoms with Crippen molar-refractivity contribution in [2.45, 2.75) is 63.5 Å². The van der Waals surface area contributed by atoms with Gasteiger partial charge >= 0.3 is 0 Å². The molecule has 2 fully saturated rings. The van der Waals surface area contributed by atoms with Crippen LogP contribution in [0.4, 0.5) is 0 Å². The molecule has 2 aromatic carbocycles. The molecule has 0 bridgehead atoms. The van der Waals surface area contributed by atoms with Gasteiger partial charge in [0, 0.05) is 31.6 Å². The minimum Gasteiger partial charge on any atom is -0.353 e. The molecule has 1 aliphatic heterocycles. The maximum absolute atomic E-state index is 12.7. The SMILES string of the molecule is C[C@@H](C(=O)NC1CCN(CCC(NC(=O)C2CCC2)c2ccccc2)CC1)c1ccccc1. The molecule has 2 aliphatic rings. The van der Waals surface area contributed by atoms with Gasteiger partial charge in [-0.1, -0.05) is 67.1 Å². The van der Waals surface area contributed by atoms with Crippen LogP contribution in [0.3, 0.4) is 0 Å². The van der Waals surface area contributed by atoms with Gasteiger partial charge in [-0.2, -0.15) is 0 Å². The molecule has 0 aromatic heterocycles. The third-order valence-corrected chi connectivity index (χ3v) is 7.36. The standard InChI is InChI=1S/C28H37N3O2/c1-21(22-9-4-2-5-10-22)27(32)29-25-15-18-31(19-16-25)20-17-26(23-11-6-3-7-12-23)30-28(33)24-13-8-14-24/h2-7,9-12,21,24-26H,8,13-20H2,1H3,(H,29,32)(H,30,33)/t21-,26?/m1/s1. The average molecular weight is 448 g/mol. The molecule has 0 spiro atoms. The van der Waals surface area contributed by atoms with Crippen LogP contribution in [-0.4, -0.2) is 42.4 Å². The second-order valence-electron chi connectivity index (χ2n) is 9.65. The highest BCUT2D eigenvalue weighted by Crippen LogP contribution is 2.28. The Morgan fingerprint density at radius 2 is 1.52 bits per heavy atom. The van der Waals surface area contributed by atoms with Crippen molar-refractivity contribution in [3.05, 3.63) is 71.8 Å². The summed E-state index contributed by atoms with van der Waals surface area (Å²) in [6.07, 6.45) is 6.06. The lowest BCUT2D eigenvalue weighted by Gasteiger charge is -2.34. The summed E-state index contributed by atoms with van der Waals surface area (Å²) in [6, 6.07) is 20.6. The van der Waals surface area contributed by atoms with Crippen LogP contribution in [0.2, 0.25) is 0 Å². The maximum atomic E-state index is 12.7. The second kappa shape index (κ2) is 11.5. The third kappa shape index (κ3) is 6.44. The van der Waals surface area contributed by atoms with Crippen LogP contribution in [0, 0.1) is 5.92 Å². The van der Waals surface area contributed by atoms with Crippen molar-refractivity contribution >= 4 is 11.8 Å². The second-order valence-corrected chi connectivity index (χ2v) is 9.65. The Morgan fingerprint density at radius 3 is 2.09 bits per heavy atom. The predicted octanol–water partition coefficient (Wildman–Crippen LogP) is 4.42. The minimum absolute atomic E-state index is 0.0587. The Morgan fingerprint density at radius 1 is 0.909 bits per heavy atom. The van der Waals surface area contributed by atoms with Crippen LogP contribution >= 0.6 is 0 Å². The van der Waals surface area contributed by atoms with E-state index >= 15 is 0 Å². The molecule has 33 heavy (non-hydrogen) atoms. The van der Waals surface area contributed by atoms with Gasteiger partial charge in [-0.05, 0) is 50.2 Å². The predicted molar refractivity (Wildman–Crippen MR) is 132 cm³/mol. The average Bonchev–Trinajstić information content (AvgIpc) is 2.82. The summed E-state index contributed by atoms with van der Waals surface area (Å²) in [7, 11) is 0. The van der Waals surface area contributed by atoms with E-state index in [1.807, 2.05) is 55.5 Å². The van der Waals surface area contributed by atoms with Crippen LogP contribution in [0.1, 0.15) is 68.5 Å². The van der Waals surface area contributed by atoms with Gasteiger partial charge in [0.1, 0.15) is 0 Å². The van der Waals surface area contributed by atoms with Crippen molar-refractivity contribution in [3.63, 3.8) is 0 Å². The largest absolute Gasteiger partial charge is 0.353 e. The molecule has 2 atom stereocenters. The molecule has 1 unspecified atom stereocenters. The Kier molecular flexibility index (Phi) is 8.16. The molecule has 1 saturated carbocycles. The van der Waals surface area contributed by atoms with E-state index in [9.17, 15) is 9.59 Å². The smallest absolute Gasteiger partial charge is 0.227 e. The molecular weight excluding hydrogens is 410 g/mol. The highest BCUT2D eigenvalue weighted by Gasteiger charge is 2.28. The number of hydrogen-bond acceptors (Lipinski definition) is 3. The van der Waals surface area contributed by atoms with Gasteiger partial charge in [-0.15, -0.1) is 0 Å². The van der Waals surface area contributed by atoms with Gasteiger partial charge in [0.25, 0.3) is 0 Å². The van der Waals surface area contributed by atoms with E-state index in [-0.39, 0.29) is 35.7 Å². The van der Waals surface area contributed by atoms with Gasteiger partial charge in [0.2, 0.25) is 11.8 Å². The number of hydrogen-bond donors (Lipinski definition) is 2. The van der Waals surface area contributed by atoms with Crippen LogP contribution < -0.4 is 10.6 Å². The number of carbonyl (C=O) groups excluding carboxylic acids is 2. The third-order valence-electron chi connectivity index (χ3n) is 7.36. The fourth-order valence-electron chi connectivity index (χ4n) is 4.80. The van der Waals surface area contributed by atoms with Gasteiger partial charge in [-0.25, -0.2) is 0 Å². The van der Waals surface area contributed by atoms with E-state index in [0.29, 0.717) is 0 Å². The number of nitrogens with zero attached hydrogens (tertiary/aromatic N) is 1. The lowest BCUT2D eigenvalue weighted by Crippen LogP contribution is -2.46. The van der Waals surface area contributed by atoms with Crippen LogP contribution in [0.25, 0.3) is 0 Å². The van der Waals surface area contributed by atoms with E-state index in [1.165, 1.54) is 12.0 Å². The fourth-order valence-corrected chi connectivity index (χ4v) is 4.80. The summed E-state index contributed by atoms with van der Waals surface area (Å²) in [6.45, 7) is 4.87. The normalized spacial score (nSPS) is 19.3. The molecule has 4 rings (SSSR count). The molecule has 2 N–H and O–H groups in total. The quantitative estimate of drug-likeness (QED) is 0.598. The van der Waals surface area contributed by atoms with E-state index < -0.39 is 0 Å². The first-order valence-corrected chi connectivity index (χ1v) is 12.5. The molecule has 176 valence electrons. The van der Waals surface area contributed by atoms with Crippen molar-refractivity contribution in [1.29, 1.82) is 0 Å². The molecule has 1 saturated heterocycles. The first kappa shape index (κ1) is 23.5. The van der Waals surface area contributed by atoms with Crippen molar-refractivity contribution in [1.82, 2.24) is 15.5 Å². The Bertz CT molecular complexity index is 890. The van der Waals surface area contributed by atoms with E-state index in [1.54, 1.807) is 0 Å². The van der Waals surface area contributed by atoms with Crippen LogP contribution in [0.5, 0.6) is 0 Å². The number of benzene rings is 2. The van der Waals surface area contributed by atoms with Crippen molar-refractivity contribution in [3.8, 4) is 0 Å². The number of nitrogens with one attached hydrogen (secondary N) is 2. The maximum Gasteiger partial charge on any atom is 0.227 e.